The molecular formula is C14H20N2O2. The van der Waals surface area contributed by atoms with E-state index in [0.29, 0.717) is 18.2 Å². The predicted molar refractivity (Wildman–Crippen MR) is 71.9 cm³/mol. The standard InChI is InChI=1S/C14H20N2O2/c1-10-3-6-13(15-2)12(9-10)14(18)16(7-8-17)11-4-5-11/h3,6,9,11,15,17H,4-5,7-8H2,1-2H3. The topological polar surface area (TPSA) is 52.6 Å². The Balaban J connectivity index is 2.28. The van der Waals surface area contributed by atoms with Crippen molar-refractivity contribution >= 4 is 11.6 Å². The lowest BCUT2D eigenvalue weighted by Gasteiger charge is -2.23. The Kier molecular flexibility index (Phi) is 3.87. The van der Waals surface area contributed by atoms with Crippen LogP contribution in [0.3, 0.4) is 0 Å². The normalized spacial score (nSPS) is 14.4. The van der Waals surface area contributed by atoms with E-state index in [1.54, 1.807) is 4.90 Å². The Morgan fingerprint density at radius 1 is 1.50 bits per heavy atom. The van der Waals surface area contributed by atoms with Gasteiger partial charge in [0.05, 0.1) is 12.2 Å². The molecular weight excluding hydrogens is 228 g/mol. The molecule has 0 heterocycles. The van der Waals surface area contributed by atoms with Crippen molar-refractivity contribution in [2.45, 2.75) is 25.8 Å². The highest BCUT2D eigenvalue weighted by Crippen LogP contribution is 2.29. The minimum Gasteiger partial charge on any atom is -0.395 e. The average Bonchev–Trinajstić information content (AvgIpc) is 3.19. The summed E-state index contributed by atoms with van der Waals surface area (Å²) in [6.07, 6.45) is 2.10. The maximum absolute atomic E-state index is 12.5. The maximum Gasteiger partial charge on any atom is 0.256 e. The van der Waals surface area contributed by atoms with Gasteiger partial charge in [0, 0.05) is 25.3 Å². The number of nitrogens with one attached hydrogen (secondary N) is 1. The number of amides is 1. The molecule has 0 spiro atoms. The van der Waals surface area contributed by atoms with Crippen molar-refractivity contribution in [3.8, 4) is 0 Å². The number of carbonyl (C=O) groups excluding carboxylic acids is 1. The summed E-state index contributed by atoms with van der Waals surface area (Å²) in [6.45, 7) is 2.41. The third-order valence-electron chi connectivity index (χ3n) is 3.26. The summed E-state index contributed by atoms with van der Waals surface area (Å²) in [5.74, 6) is 0.0135. The van der Waals surface area contributed by atoms with Gasteiger partial charge in [-0.1, -0.05) is 11.6 Å². The average molecular weight is 248 g/mol. The lowest BCUT2D eigenvalue weighted by atomic mass is 10.1. The van der Waals surface area contributed by atoms with E-state index in [4.69, 9.17) is 5.11 Å². The highest BCUT2D eigenvalue weighted by Gasteiger charge is 2.33. The SMILES string of the molecule is CNc1ccc(C)cc1C(=O)N(CCO)C1CC1. The molecule has 18 heavy (non-hydrogen) atoms. The summed E-state index contributed by atoms with van der Waals surface area (Å²) < 4.78 is 0. The van der Waals surface area contributed by atoms with E-state index in [9.17, 15) is 4.79 Å². The fourth-order valence-corrected chi connectivity index (χ4v) is 2.15. The number of hydrogen-bond donors (Lipinski definition) is 2. The third kappa shape index (κ3) is 2.64. The van der Waals surface area contributed by atoms with Gasteiger partial charge >= 0.3 is 0 Å². The molecule has 1 fully saturated rings. The largest absolute Gasteiger partial charge is 0.395 e. The quantitative estimate of drug-likeness (QED) is 0.832. The molecule has 4 heteroatoms. The van der Waals surface area contributed by atoms with Crippen molar-refractivity contribution in [2.75, 3.05) is 25.5 Å². The molecule has 2 N–H and O–H groups in total. The Labute approximate surface area is 108 Å². The first-order chi connectivity index (χ1) is 8.67. The lowest BCUT2D eigenvalue weighted by molar-refractivity contribution is 0.0708. The zero-order valence-electron chi connectivity index (χ0n) is 10.9. The second-order valence-corrected chi connectivity index (χ2v) is 4.75. The molecule has 1 aliphatic carbocycles. The monoisotopic (exact) mass is 248 g/mol. The highest BCUT2D eigenvalue weighted by atomic mass is 16.3. The van der Waals surface area contributed by atoms with Gasteiger partial charge in [0.15, 0.2) is 0 Å². The number of benzene rings is 1. The van der Waals surface area contributed by atoms with Gasteiger partial charge in [-0.25, -0.2) is 0 Å². The molecule has 1 saturated carbocycles. The molecule has 0 aliphatic heterocycles. The first kappa shape index (κ1) is 12.9. The number of carbonyl (C=O) groups is 1. The number of rotatable bonds is 5. The maximum atomic E-state index is 12.5. The molecule has 1 aromatic rings. The van der Waals surface area contributed by atoms with Crippen molar-refractivity contribution in [1.82, 2.24) is 4.90 Å². The Hall–Kier alpha value is -1.55. The van der Waals surface area contributed by atoms with Crippen LogP contribution in [0, 0.1) is 6.92 Å². The van der Waals surface area contributed by atoms with Crippen LogP contribution >= 0.6 is 0 Å². The summed E-state index contributed by atoms with van der Waals surface area (Å²) in [7, 11) is 1.81. The van der Waals surface area contributed by atoms with Crippen LogP contribution in [0.1, 0.15) is 28.8 Å². The van der Waals surface area contributed by atoms with E-state index < -0.39 is 0 Å². The lowest BCUT2D eigenvalue weighted by Crippen LogP contribution is -2.35. The molecule has 0 saturated heterocycles. The van der Waals surface area contributed by atoms with Crippen LogP contribution in [0.5, 0.6) is 0 Å². The minimum atomic E-state index is 0.0135. The Morgan fingerprint density at radius 2 is 2.22 bits per heavy atom. The smallest absolute Gasteiger partial charge is 0.256 e. The first-order valence-electron chi connectivity index (χ1n) is 6.37. The fourth-order valence-electron chi connectivity index (χ4n) is 2.15. The number of aryl methyl sites for hydroxylation is 1. The van der Waals surface area contributed by atoms with Crippen LogP contribution in [0.4, 0.5) is 5.69 Å². The molecule has 1 aromatic carbocycles. The summed E-state index contributed by atoms with van der Waals surface area (Å²) in [5, 5.41) is 12.1. The molecule has 4 nitrogen and oxygen atoms in total. The Morgan fingerprint density at radius 3 is 2.78 bits per heavy atom. The zero-order chi connectivity index (χ0) is 13.1. The van der Waals surface area contributed by atoms with Gasteiger partial charge in [-0.3, -0.25) is 4.79 Å². The van der Waals surface area contributed by atoms with Gasteiger partial charge < -0.3 is 15.3 Å². The van der Waals surface area contributed by atoms with Gasteiger partial charge in [-0.15, -0.1) is 0 Å². The van der Waals surface area contributed by atoms with Crippen molar-refractivity contribution in [2.24, 2.45) is 0 Å². The molecule has 0 radical (unpaired) electrons. The van der Waals surface area contributed by atoms with E-state index in [1.807, 2.05) is 32.2 Å². The zero-order valence-corrected chi connectivity index (χ0v) is 10.9. The van der Waals surface area contributed by atoms with Crippen LogP contribution in [0.25, 0.3) is 0 Å². The van der Waals surface area contributed by atoms with Crippen LogP contribution in [0.2, 0.25) is 0 Å². The number of nitrogens with zero attached hydrogens (tertiary/aromatic N) is 1. The van der Waals surface area contributed by atoms with Crippen molar-refractivity contribution in [3.05, 3.63) is 29.3 Å². The first-order valence-corrected chi connectivity index (χ1v) is 6.37. The van der Waals surface area contributed by atoms with E-state index >= 15 is 0 Å². The second kappa shape index (κ2) is 5.40. The molecule has 1 aliphatic rings. The predicted octanol–water partition coefficient (Wildman–Crippen LogP) is 1.63. The van der Waals surface area contributed by atoms with Crippen LogP contribution < -0.4 is 5.32 Å². The van der Waals surface area contributed by atoms with Gasteiger partial charge in [0.2, 0.25) is 0 Å². The molecule has 98 valence electrons. The molecule has 1 amide bonds. The summed E-state index contributed by atoms with van der Waals surface area (Å²) in [4.78, 5) is 14.3. The van der Waals surface area contributed by atoms with Crippen molar-refractivity contribution in [3.63, 3.8) is 0 Å². The molecule has 0 bridgehead atoms. The van der Waals surface area contributed by atoms with Gasteiger partial charge in [-0.05, 0) is 31.9 Å². The molecule has 0 aromatic heterocycles. The van der Waals surface area contributed by atoms with Crippen LogP contribution in [0.15, 0.2) is 18.2 Å². The number of hydrogen-bond acceptors (Lipinski definition) is 3. The van der Waals surface area contributed by atoms with Crippen molar-refractivity contribution < 1.29 is 9.90 Å². The van der Waals surface area contributed by atoms with Gasteiger partial charge in [0.1, 0.15) is 0 Å². The van der Waals surface area contributed by atoms with E-state index in [-0.39, 0.29) is 12.5 Å². The summed E-state index contributed by atoms with van der Waals surface area (Å²) in [5.41, 5.74) is 2.60. The number of aliphatic hydroxyl groups excluding tert-OH is 1. The minimum absolute atomic E-state index is 0.0135. The highest BCUT2D eigenvalue weighted by molar-refractivity contribution is 6.00. The van der Waals surface area contributed by atoms with Gasteiger partial charge in [-0.2, -0.15) is 0 Å². The van der Waals surface area contributed by atoms with E-state index in [1.165, 1.54) is 0 Å². The molecule has 2 rings (SSSR count). The summed E-state index contributed by atoms with van der Waals surface area (Å²) >= 11 is 0. The van der Waals surface area contributed by atoms with Crippen LogP contribution in [-0.2, 0) is 0 Å². The molecule has 0 atom stereocenters. The summed E-state index contributed by atoms with van der Waals surface area (Å²) in [6, 6.07) is 6.12. The number of aliphatic hydroxyl groups is 1. The van der Waals surface area contributed by atoms with Crippen LogP contribution in [-0.4, -0.2) is 42.2 Å². The molecule has 0 unspecified atom stereocenters. The second-order valence-electron chi connectivity index (χ2n) is 4.75. The van der Waals surface area contributed by atoms with E-state index in [0.717, 1.165) is 24.1 Å². The number of anilines is 1. The van der Waals surface area contributed by atoms with Gasteiger partial charge in [0.25, 0.3) is 5.91 Å². The fraction of sp³-hybridized carbons (Fsp3) is 0.500. The third-order valence-corrected chi connectivity index (χ3v) is 3.26. The van der Waals surface area contributed by atoms with Crippen molar-refractivity contribution in [1.29, 1.82) is 0 Å². The van der Waals surface area contributed by atoms with E-state index in [2.05, 4.69) is 5.32 Å². The Bertz CT molecular complexity index is 441.